The van der Waals surface area contributed by atoms with E-state index in [9.17, 15) is 4.79 Å². The minimum Gasteiger partial charge on any atom is -0.345 e. The van der Waals surface area contributed by atoms with Crippen molar-refractivity contribution in [2.24, 2.45) is 0 Å². The standard InChI is InChI=1S/C20H15N3OS2/c1-12(14-8-4-6-13-5-2-3-7-15(13)14)21-18(24)17-11-16-19(26-17)22-20-23(16)9-10-25-20/h2-12H,1H3,(H,21,24). The molecule has 5 aromatic rings. The van der Waals surface area contributed by atoms with Crippen LogP contribution in [0, 0.1) is 0 Å². The highest BCUT2D eigenvalue weighted by Gasteiger charge is 2.18. The van der Waals surface area contributed by atoms with Crippen molar-refractivity contribution in [2.45, 2.75) is 13.0 Å². The largest absolute Gasteiger partial charge is 0.345 e. The molecule has 128 valence electrons. The molecule has 1 atom stereocenters. The van der Waals surface area contributed by atoms with Crippen LogP contribution in [0.25, 0.3) is 26.1 Å². The summed E-state index contributed by atoms with van der Waals surface area (Å²) in [5.41, 5.74) is 2.12. The predicted molar refractivity (Wildman–Crippen MR) is 108 cm³/mol. The predicted octanol–water partition coefficient (Wildman–Crippen LogP) is 5.25. The molecule has 0 aliphatic rings. The topological polar surface area (TPSA) is 46.4 Å². The maximum absolute atomic E-state index is 12.8. The average molecular weight is 377 g/mol. The molecule has 0 bridgehead atoms. The van der Waals surface area contributed by atoms with Crippen LogP contribution in [-0.2, 0) is 0 Å². The van der Waals surface area contributed by atoms with E-state index in [0.717, 1.165) is 20.9 Å². The summed E-state index contributed by atoms with van der Waals surface area (Å²) < 4.78 is 2.03. The molecule has 0 aliphatic heterocycles. The molecule has 1 N–H and O–H groups in total. The van der Waals surface area contributed by atoms with Crippen LogP contribution in [0.1, 0.15) is 28.2 Å². The third-order valence-corrected chi connectivity index (χ3v) is 6.37. The number of carbonyl (C=O) groups is 1. The first-order valence-corrected chi connectivity index (χ1v) is 10.0. The van der Waals surface area contributed by atoms with Crippen molar-refractivity contribution >= 4 is 54.7 Å². The van der Waals surface area contributed by atoms with Crippen molar-refractivity contribution in [2.75, 3.05) is 0 Å². The maximum Gasteiger partial charge on any atom is 0.261 e. The van der Waals surface area contributed by atoms with Gasteiger partial charge in [0.05, 0.1) is 16.4 Å². The molecule has 0 aliphatic carbocycles. The number of hydrogen-bond acceptors (Lipinski definition) is 4. The fourth-order valence-electron chi connectivity index (χ4n) is 3.33. The Bertz CT molecular complexity index is 1260. The van der Waals surface area contributed by atoms with E-state index >= 15 is 0 Å². The number of benzene rings is 2. The van der Waals surface area contributed by atoms with E-state index in [1.54, 1.807) is 11.3 Å². The number of amides is 1. The van der Waals surface area contributed by atoms with Crippen LogP contribution in [0.5, 0.6) is 0 Å². The van der Waals surface area contributed by atoms with Gasteiger partial charge in [0, 0.05) is 11.6 Å². The Morgan fingerprint density at radius 2 is 2.04 bits per heavy atom. The number of nitrogens with zero attached hydrogens (tertiary/aromatic N) is 2. The lowest BCUT2D eigenvalue weighted by molar-refractivity contribution is 0.0944. The molecule has 0 radical (unpaired) electrons. The van der Waals surface area contributed by atoms with Crippen molar-refractivity contribution in [1.82, 2.24) is 14.7 Å². The fourth-order valence-corrected chi connectivity index (χ4v) is 5.04. The summed E-state index contributed by atoms with van der Waals surface area (Å²) in [5, 5.41) is 7.49. The monoisotopic (exact) mass is 377 g/mol. The molecule has 4 nitrogen and oxygen atoms in total. The lowest BCUT2D eigenvalue weighted by Gasteiger charge is -2.16. The second-order valence-electron chi connectivity index (χ2n) is 6.23. The summed E-state index contributed by atoms with van der Waals surface area (Å²) in [5.74, 6) is -0.0580. The average Bonchev–Trinajstić information content (AvgIpc) is 3.33. The summed E-state index contributed by atoms with van der Waals surface area (Å²) in [7, 11) is 0. The Kier molecular flexibility index (Phi) is 3.55. The first-order chi connectivity index (χ1) is 12.7. The lowest BCUT2D eigenvalue weighted by Crippen LogP contribution is -2.26. The molecule has 1 unspecified atom stereocenters. The third-order valence-electron chi connectivity index (χ3n) is 4.60. The van der Waals surface area contributed by atoms with Crippen LogP contribution >= 0.6 is 22.7 Å². The van der Waals surface area contributed by atoms with Gasteiger partial charge in [0.15, 0.2) is 4.96 Å². The second-order valence-corrected chi connectivity index (χ2v) is 8.14. The molecular weight excluding hydrogens is 362 g/mol. The molecule has 0 spiro atoms. The van der Waals surface area contributed by atoms with Crippen molar-refractivity contribution in [3.63, 3.8) is 0 Å². The van der Waals surface area contributed by atoms with Gasteiger partial charge in [-0.3, -0.25) is 9.20 Å². The van der Waals surface area contributed by atoms with Crippen molar-refractivity contribution in [3.05, 3.63) is 70.5 Å². The maximum atomic E-state index is 12.8. The molecule has 3 aromatic heterocycles. The molecule has 2 aromatic carbocycles. The Morgan fingerprint density at radius 3 is 2.96 bits per heavy atom. The Labute approximate surface area is 157 Å². The summed E-state index contributed by atoms with van der Waals surface area (Å²) in [6, 6.07) is 16.3. The molecule has 0 saturated carbocycles. The van der Waals surface area contributed by atoms with E-state index in [1.165, 1.54) is 22.1 Å². The van der Waals surface area contributed by atoms with E-state index in [1.807, 2.05) is 47.2 Å². The second kappa shape index (κ2) is 5.93. The van der Waals surface area contributed by atoms with Crippen LogP contribution in [0.2, 0.25) is 0 Å². The number of hydrogen-bond donors (Lipinski definition) is 1. The highest BCUT2D eigenvalue weighted by Crippen LogP contribution is 2.29. The molecule has 0 saturated heterocycles. The van der Waals surface area contributed by atoms with Gasteiger partial charge in [-0.15, -0.1) is 22.7 Å². The number of imidazole rings is 1. The quantitative estimate of drug-likeness (QED) is 0.466. The van der Waals surface area contributed by atoms with Crippen molar-refractivity contribution in [3.8, 4) is 0 Å². The van der Waals surface area contributed by atoms with Gasteiger partial charge >= 0.3 is 0 Å². The van der Waals surface area contributed by atoms with Gasteiger partial charge in [-0.2, -0.15) is 0 Å². The summed E-state index contributed by atoms with van der Waals surface area (Å²) in [6.45, 7) is 2.02. The van der Waals surface area contributed by atoms with Gasteiger partial charge in [-0.1, -0.05) is 42.5 Å². The van der Waals surface area contributed by atoms with Gasteiger partial charge < -0.3 is 5.32 Å². The molecule has 0 fully saturated rings. The number of nitrogens with one attached hydrogen (secondary N) is 1. The first-order valence-electron chi connectivity index (χ1n) is 8.34. The number of fused-ring (bicyclic) bond motifs is 4. The Balaban J connectivity index is 1.46. The molecular formula is C20H15N3OS2. The van der Waals surface area contributed by atoms with Gasteiger partial charge in [0.1, 0.15) is 4.83 Å². The van der Waals surface area contributed by atoms with Crippen LogP contribution in [0.4, 0.5) is 0 Å². The number of rotatable bonds is 3. The summed E-state index contributed by atoms with van der Waals surface area (Å²) >= 11 is 3.04. The van der Waals surface area contributed by atoms with Gasteiger partial charge in [-0.05, 0) is 29.3 Å². The molecule has 3 heterocycles. The minimum atomic E-state index is -0.0770. The molecule has 1 amide bonds. The van der Waals surface area contributed by atoms with Crippen LogP contribution in [0.15, 0.2) is 60.1 Å². The van der Waals surface area contributed by atoms with Gasteiger partial charge in [0.25, 0.3) is 5.91 Å². The lowest BCUT2D eigenvalue weighted by atomic mass is 10.00. The number of carbonyl (C=O) groups excluding carboxylic acids is 1. The summed E-state index contributed by atoms with van der Waals surface area (Å²) in [4.78, 5) is 19.9. The van der Waals surface area contributed by atoms with E-state index < -0.39 is 0 Å². The number of aromatic nitrogens is 2. The van der Waals surface area contributed by atoms with Gasteiger partial charge in [0.2, 0.25) is 0 Å². The normalized spacial score (nSPS) is 12.8. The van der Waals surface area contributed by atoms with Crippen molar-refractivity contribution < 1.29 is 4.79 Å². The molecule has 26 heavy (non-hydrogen) atoms. The SMILES string of the molecule is CC(NC(=O)c1cc2c(nc3sccn32)s1)c1cccc2ccccc12. The highest BCUT2D eigenvalue weighted by atomic mass is 32.1. The van der Waals surface area contributed by atoms with E-state index in [4.69, 9.17) is 0 Å². The smallest absolute Gasteiger partial charge is 0.261 e. The minimum absolute atomic E-state index is 0.0580. The van der Waals surface area contributed by atoms with Crippen LogP contribution in [-0.4, -0.2) is 15.3 Å². The van der Waals surface area contributed by atoms with Gasteiger partial charge in [-0.25, -0.2) is 4.98 Å². The Hall–Kier alpha value is -2.70. The van der Waals surface area contributed by atoms with E-state index in [0.29, 0.717) is 4.88 Å². The number of thiophene rings is 1. The first kappa shape index (κ1) is 15.5. The molecule has 6 heteroatoms. The van der Waals surface area contributed by atoms with E-state index in [2.05, 4.69) is 34.6 Å². The fraction of sp³-hybridized carbons (Fsp3) is 0.100. The summed E-state index contributed by atoms with van der Waals surface area (Å²) in [6.07, 6.45) is 1.99. The highest BCUT2D eigenvalue weighted by molar-refractivity contribution is 7.21. The van der Waals surface area contributed by atoms with Crippen LogP contribution in [0.3, 0.4) is 0 Å². The van der Waals surface area contributed by atoms with Crippen molar-refractivity contribution in [1.29, 1.82) is 0 Å². The number of thiazole rings is 1. The zero-order chi connectivity index (χ0) is 17.7. The molecule has 5 rings (SSSR count). The Morgan fingerprint density at radius 1 is 1.19 bits per heavy atom. The van der Waals surface area contributed by atoms with Crippen LogP contribution < -0.4 is 5.32 Å². The zero-order valence-electron chi connectivity index (χ0n) is 14.0. The zero-order valence-corrected chi connectivity index (χ0v) is 15.6. The third kappa shape index (κ3) is 2.41. The van der Waals surface area contributed by atoms with E-state index in [-0.39, 0.29) is 11.9 Å².